The quantitative estimate of drug-likeness (QED) is 0.868. The third-order valence-corrected chi connectivity index (χ3v) is 5.48. The summed E-state index contributed by atoms with van der Waals surface area (Å²) in [6.07, 6.45) is 4.12. The number of amides is 1. The van der Waals surface area contributed by atoms with Gasteiger partial charge in [0.1, 0.15) is 6.54 Å². The predicted molar refractivity (Wildman–Crippen MR) is 91.2 cm³/mol. The van der Waals surface area contributed by atoms with Crippen molar-refractivity contribution >= 4 is 11.9 Å². The number of hydrogen-bond acceptors (Lipinski definition) is 4. The smallest absolute Gasteiger partial charge is 0.311 e. The number of hydrogen-bond donors (Lipinski definition) is 1. The van der Waals surface area contributed by atoms with Gasteiger partial charge in [0.2, 0.25) is 5.91 Å². The van der Waals surface area contributed by atoms with Gasteiger partial charge in [-0.05, 0) is 44.6 Å². The molecule has 0 aromatic carbocycles. The number of likely N-dealkylation sites (tertiary alicyclic amines) is 1. The Morgan fingerprint density at radius 3 is 2.72 bits per heavy atom. The lowest BCUT2D eigenvalue weighted by Gasteiger charge is -2.40. The highest BCUT2D eigenvalue weighted by Crippen LogP contribution is 2.44. The average molecular weight is 347 g/mol. The van der Waals surface area contributed by atoms with Crippen LogP contribution in [0.25, 0.3) is 0 Å². The van der Waals surface area contributed by atoms with Crippen molar-refractivity contribution in [2.45, 2.75) is 52.5 Å². The second-order valence-corrected chi connectivity index (χ2v) is 7.56. The number of carbonyl (C=O) groups is 2. The Kier molecular flexibility index (Phi) is 4.67. The van der Waals surface area contributed by atoms with Crippen LogP contribution in [0.4, 0.5) is 0 Å². The van der Waals surface area contributed by atoms with Crippen LogP contribution in [0.2, 0.25) is 0 Å². The number of carboxylic acid groups (broad SMARTS) is 1. The Morgan fingerprint density at radius 2 is 2.08 bits per heavy atom. The van der Waals surface area contributed by atoms with E-state index >= 15 is 0 Å². The van der Waals surface area contributed by atoms with Crippen LogP contribution in [0.5, 0.6) is 0 Å². The molecular formula is C18H25N3O4. The van der Waals surface area contributed by atoms with Crippen molar-refractivity contribution in [1.29, 1.82) is 0 Å². The average Bonchev–Trinajstić information content (AvgIpc) is 3.36. The zero-order chi connectivity index (χ0) is 18.2. The standard InChI is InChI=1S/C18H25N3O4/c1-12-8-15(22)21(19-13(12)2)10-16(23)20-7-3-6-18(11-20,17(24)25)9-14-4-5-14/h8,14H,3-7,9-11H2,1-2H3,(H,24,25)/t18-/m1/s1. The van der Waals surface area contributed by atoms with Gasteiger partial charge in [0.25, 0.3) is 5.56 Å². The van der Waals surface area contributed by atoms with E-state index in [1.54, 1.807) is 18.7 Å². The summed E-state index contributed by atoms with van der Waals surface area (Å²) in [7, 11) is 0. The molecule has 136 valence electrons. The van der Waals surface area contributed by atoms with Gasteiger partial charge in [0.05, 0.1) is 11.1 Å². The van der Waals surface area contributed by atoms with Gasteiger partial charge in [-0.1, -0.05) is 12.8 Å². The van der Waals surface area contributed by atoms with Crippen LogP contribution < -0.4 is 5.56 Å². The molecule has 1 saturated carbocycles. The Hall–Kier alpha value is -2.18. The molecule has 1 atom stereocenters. The third-order valence-electron chi connectivity index (χ3n) is 5.48. The van der Waals surface area contributed by atoms with E-state index in [1.165, 1.54) is 10.7 Å². The number of aryl methyl sites for hydroxylation is 2. The lowest BCUT2D eigenvalue weighted by Crippen LogP contribution is -2.51. The van der Waals surface area contributed by atoms with Crippen molar-refractivity contribution in [2.75, 3.05) is 13.1 Å². The number of carboxylic acids is 1. The second kappa shape index (κ2) is 6.61. The molecule has 0 spiro atoms. The summed E-state index contributed by atoms with van der Waals surface area (Å²) >= 11 is 0. The van der Waals surface area contributed by atoms with Crippen molar-refractivity contribution in [3.63, 3.8) is 0 Å². The minimum Gasteiger partial charge on any atom is -0.481 e. The van der Waals surface area contributed by atoms with E-state index in [4.69, 9.17) is 0 Å². The van der Waals surface area contributed by atoms with Gasteiger partial charge in [-0.3, -0.25) is 14.4 Å². The number of carbonyl (C=O) groups excluding carboxylic acids is 1. The molecule has 2 aliphatic rings. The van der Waals surface area contributed by atoms with Gasteiger partial charge in [-0.15, -0.1) is 0 Å². The van der Waals surface area contributed by atoms with Crippen molar-refractivity contribution < 1.29 is 14.7 Å². The van der Waals surface area contributed by atoms with E-state index in [1.807, 2.05) is 0 Å². The van der Waals surface area contributed by atoms with Gasteiger partial charge < -0.3 is 10.0 Å². The van der Waals surface area contributed by atoms with Crippen LogP contribution >= 0.6 is 0 Å². The Bertz CT molecular complexity index is 753. The minimum absolute atomic E-state index is 0.140. The Morgan fingerprint density at radius 1 is 1.36 bits per heavy atom. The van der Waals surface area contributed by atoms with Crippen molar-refractivity contribution in [1.82, 2.24) is 14.7 Å². The molecule has 0 radical (unpaired) electrons. The maximum atomic E-state index is 12.7. The Balaban J connectivity index is 1.74. The zero-order valence-electron chi connectivity index (χ0n) is 14.8. The summed E-state index contributed by atoms with van der Waals surface area (Å²) in [5.41, 5.74) is 0.355. The van der Waals surface area contributed by atoms with Crippen LogP contribution in [-0.2, 0) is 16.1 Å². The van der Waals surface area contributed by atoms with Crippen LogP contribution in [-0.4, -0.2) is 44.8 Å². The number of aliphatic carboxylic acids is 1. The monoisotopic (exact) mass is 347 g/mol. The van der Waals surface area contributed by atoms with Crippen molar-refractivity contribution in [3.05, 3.63) is 27.7 Å². The topological polar surface area (TPSA) is 92.5 Å². The molecule has 7 heteroatoms. The summed E-state index contributed by atoms with van der Waals surface area (Å²) < 4.78 is 1.17. The van der Waals surface area contributed by atoms with E-state index in [-0.39, 0.29) is 24.6 Å². The van der Waals surface area contributed by atoms with Crippen LogP contribution in [0.15, 0.2) is 10.9 Å². The first-order valence-electron chi connectivity index (χ1n) is 8.87. The minimum atomic E-state index is -0.837. The van der Waals surface area contributed by atoms with E-state index in [2.05, 4.69) is 5.10 Å². The van der Waals surface area contributed by atoms with Crippen LogP contribution in [0.1, 0.15) is 43.4 Å². The highest BCUT2D eigenvalue weighted by atomic mass is 16.4. The van der Waals surface area contributed by atoms with Gasteiger partial charge in [-0.25, -0.2) is 4.68 Å². The fraction of sp³-hybridized carbons (Fsp3) is 0.667. The van der Waals surface area contributed by atoms with Gasteiger partial charge >= 0.3 is 5.97 Å². The molecule has 25 heavy (non-hydrogen) atoms. The fourth-order valence-corrected chi connectivity index (χ4v) is 3.66. The van der Waals surface area contributed by atoms with E-state index in [0.717, 1.165) is 18.4 Å². The van der Waals surface area contributed by atoms with E-state index in [0.29, 0.717) is 37.4 Å². The van der Waals surface area contributed by atoms with Gasteiger partial charge in [-0.2, -0.15) is 5.10 Å². The Labute approximate surface area is 146 Å². The molecule has 1 aromatic heterocycles. The van der Waals surface area contributed by atoms with Gasteiger partial charge in [0, 0.05) is 19.2 Å². The fourth-order valence-electron chi connectivity index (χ4n) is 3.66. The molecule has 1 amide bonds. The summed E-state index contributed by atoms with van der Waals surface area (Å²) in [5, 5.41) is 13.9. The molecule has 3 rings (SSSR count). The first-order chi connectivity index (χ1) is 11.8. The molecule has 7 nitrogen and oxygen atoms in total. The normalized spacial score (nSPS) is 23.5. The number of piperidine rings is 1. The van der Waals surface area contributed by atoms with Crippen LogP contribution in [0, 0.1) is 25.2 Å². The van der Waals surface area contributed by atoms with E-state index in [9.17, 15) is 19.5 Å². The van der Waals surface area contributed by atoms with Crippen LogP contribution in [0.3, 0.4) is 0 Å². The molecule has 0 bridgehead atoms. The number of aromatic nitrogens is 2. The molecule has 1 saturated heterocycles. The lowest BCUT2D eigenvalue weighted by molar-refractivity contribution is -0.156. The second-order valence-electron chi connectivity index (χ2n) is 7.56. The first kappa shape index (κ1) is 17.6. The molecule has 2 fully saturated rings. The van der Waals surface area contributed by atoms with Gasteiger partial charge in [0.15, 0.2) is 0 Å². The predicted octanol–water partition coefficient (Wildman–Crippen LogP) is 1.35. The first-order valence-corrected chi connectivity index (χ1v) is 8.87. The summed E-state index contributed by atoms with van der Waals surface area (Å²) in [6.45, 7) is 4.23. The number of rotatable bonds is 5. The molecule has 1 aromatic rings. The SMILES string of the molecule is Cc1cc(=O)n(CC(=O)N2CCC[C@](CC3CC3)(C(=O)O)C2)nc1C. The molecule has 1 N–H and O–H groups in total. The molecule has 2 heterocycles. The maximum Gasteiger partial charge on any atom is 0.311 e. The molecule has 1 aliphatic heterocycles. The van der Waals surface area contributed by atoms with Crippen molar-refractivity contribution in [3.8, 4) is 0 Å². The van der Waals surface area contributed by atoms with Crippen molar-refractivity contribution in [2.24, 2.45) is 11.3 Å². The summed E-state index contributed by atoms with van der Waals surface area (Å²) in [6, 6.07) is 1.47. The summed E-state index contributed by atoms with van der Waals surface area (Å²) in [5.74, 6) is -0.562. The third kappa shape index (κ3) is 3.75. The maximum absolute atomic E-state index is 12.7. The molecular weight excluding hydrogens is 322 g/mol. The highest BCUT2D eigenvalue weighted by Gasteiger charge is 2.46. The number of nitrogens with zero attached hydrogens (tertiary/aromatic N) is 3. The lowest BCUT2D eigenvalue weighted by atomic mass is 9.75. The largest absolute Gasteiger partial charge is 0.481 e. The highest BCUT2D eigenvalue weighted by molar-refractivity contribution is 5.79. The molecule has 0 unspecified atom stereocenters. The molecule has 1 aliphatic carbocycles. The zero-order valence-corrected chi connectivity index (χ0v) is 14.8. The summed E-state index contributed by atoms with van der Waals surface area (Å²) in [4.78, 5) is 38.2. The van der Waals surface area contributed by atoms with E-state index < -0.39 is 11.4 Å².